The fourth-order valence-electron chi connectivity index (χ4n) is 2.61. The van der Waals surface area contributed by atoms with E-state index in [9.17, 15) is 4.79 Å². The fourth-order valence-corrected chi connectivity index (χ4v) is 3.53. The van der Waals surface area contributed by atoms with Crippen molar-refractivity contribution >= 4 is 51.5 Å². The number of thioether (sulfide) groups is 1. The second-order valence-electron chi connectivity index (χ2n) is 5.62. The van der Waals surface area contributed by atoms with Crippen LogP contribution < -0.4 is 5.32 Å². The van der Waals surface area contributed by atoms with Gasteiger partial charge >= 0.3 is 0 Å². The van der Waals surface area contributed by atoms with Crippen LogP contribution in [-0.4, -0.2) is 31.2 Å². The summed E-state index contributed by atoms with van der Waals surface area (Å²) in [5.41, 5.74) is 2.15. The van der Waals surface area contributed by atoms with Crippen LogP contribution in [0.5, 0.6) is 0 Å². The van der Waals surface area contributed by atoms with E-state index in [-0.39, 0.29) is 11.7 Å². The molecule has 2 heterocycles. The maximum atomic E-state index is 12.3. The lowest BCUT2D eigenvalue weighted by atomic mass is 10.2. The lowest BCUT2D eigenvalue weighted by molar-refractivity contribution is -0.113. The monoisotopic (exact) mass is 383 g/mol. The molecule has 0 spiro atoms. The van der Waals surface area contributed by atoms with Crippen molar-refractivity contribution in [1.29, 1.82) is 0 Å². The van der Waals surface area contributed by atoms with Gasteiger partial charge in [-0.25, -0.2) is 9.97 Å². The SMILES string of the molecule is Cc1nc2c3ccccc3nc(SCC(=O)Nc3ccccc3Cl)n2n1. The van der Waals surface area contributed by atoms with Gasteiger partial charge in [-0.15, -0.1) is 5.10 Å². The molecule has 1 amide bonds. The second-order valence-corrected chi connectivity index (χ2v) is 6.97. The topological polar surface area (TPSA) is 72.2 Å². The summed E-state index contributed by atoms with van der Waals surface area (Å²) in [4.78, 5) is 21.4. The maximum Gasteiger partial charge on any atom is 0.234 e. The molecule has 0 aliphatic heterocycles. The van der Waals surface area contributed by atoms with Crippen LogP contribution in [-0.2, 0) is 4.79 Å². The zero-order valence-electron chi connectivity index (χ0n) is 13.8. The number of rotatable bonds is 4. The third-order valence-corrected chi connectivity index (χ3v) is 4.99. The minimum absolute atomic E-state index is 0.164. The number of para-hydroxylation sites is 2. The Hall–Kier alpha value is -2.64. The summed E-state index contributed by atoms with van der Waals surface area (Å²) in [6.07, 6.45) is 0. The van der Waals surface area contributed by atoms with E-state index in [1.807, 2.05) is 43.3 Å². The van der Waals surface area contributed by atoms with Crippen LogP contribution >= 0.6 is 23.4 Å². The first-order valence-corrected chi connectivity index (χ1v) is 9.27. The molecule has 0 unspecified atom stereocenters. The van der Waals surface area contributed by atoms with Gasteiger partial charge in [-0.2, -0.15) is 4.52 Å². The van der Waals surface area contributed by atoms with Gasteiger partial charge in [0.25, 0.3) is 0 Å². The second kappa shape index (κ2) is 6.93. The van der Waals surface area contributed by atoms with Crippen molar-refractivity contribution in [2.75, 3.05) is 11.1 Å². The molecule has 130 valence electrons. The molecule has 6 nitrogen and oxygen atoms in total. The van der Waals surface area contributed by atoms with Gasteiger partial charge in [0.15, 0.2) is 10.8 Å². The highest BCUT2D eigenvalue weighted by molar-refractivity contribution is 7.99. The predicted molar refractivity (Wildman–Crippen MR) is 104 cm³/mol. The third kappa shape index (κ3) is 3.23. The molecule has 0 fully saturated rings. The molecule has 0 aliphatic carbocycles. The average Bonchev–Trinajstić information content (AvgIpc) is 3.03. The van der Waals surface area contributed by atoms with Gasteiger partial charge in [0.2, 0.25) is 5.91 Å². The first-order chi connectivity index (χ1) is 12.6. The number of nitrogens with one attached hydrogen (secondary N) is 1. The zero-order chi connectivity index (χ0) is 18.1. The minimum atomic E-state index is -0.164. The number of carbonyl (C=O) groups is 1. The fraction of sp³-hybridized carbons (Fsp3) is 0.111. The minimum Gasteiger partial charge on any atom is -0.324 e. The van der Waals surface area contributed by atoms with E-state index in [1.54, 1.807) is 16.6 Å². The van der Waals surface area contributed by atoms with Crippen molar-refractivity contribution in [2.45, 2.75) is 12.1 Å². The summed E-state index contributed by atoms with van der Waals surface area (Å²) in [6.45, 7) is 1.83. The van der Waals surface area contributed by atoms with E-state index in [0.717, 1.165) is 16.6 Å². The van der Waals surface area contributed by atoms with Gasteiger partial charge in [0.05, 0.1) is 22.0 Å². The van der Waals surface area contributed by atoms with E-state index in [2.05, 4.69) is 20.4 Å². The van der Waals surface area contributed by atoms with E-state index in [4.69, 9.17) is 11.6 Å². The number of hydrogen-bond acceptors (Lipinski definition) is 5. The molecule has 26 heavy (non-hydrogen) atoms. The molecule has 4 rings (SSSR count). The first-order valence-electron chi connectivity index (χ1n) is 7.91. The molecule has 0 atom stereocenters. The Balaban J connectivity index is 1.60. The number of aromatic nitrogens is 4. The number of carbonyl (C=O) groups excluding carboxylic acids is 1. The highest BCUT2D eigenvalue weighted by Crippen LogP contribution is 2.25. The Morgan fingerprint density at radius 3 is 2.77 bits per heavy atom. The van der Waals surface area contributed by atoms with Crippen molar-refractivity contribution in [3.8, 4) is 0 Å². The van der Waals surface area contributed by atoms with Crippen molar-refractivity contribution in [2.24, 2.45) is 0 Å². The smallest absolute Gasteiger partial charge is 0.234 e. The van der Waals surface area contributed by atoms with Crippen molar-refractivity contribution in [3.05, 3.63) is 59.4 Å². The number of fused-ring (bicyclic) bond motifs is 3. The molecule has 0 saturated carbocycles. The van der Waals surface area contributed by atoms with Crippen LogP contribution in [0.4, 0.5) is 5.69 Å². The zero-order valence-corrected chi connectivity index (χ0v) is 15.4. The van der Waals surface area contributed by atoms with Crippen LogP contribution in [0.1, 0.15) is 5.82 Å². The van der Waals surface area contributed by atoms with Gasteiger partial charge in [0.1, 0.15) is 5.82 Å². The van der Waals surface area contributed by atoms with Crippen LogP contribution in [0, 0.1) is 6.92 Å². The lowest BCUT2D eigenvalue weighted by Gasteiger charge is -2.08. The predicted octanol–water partition coefficient (Wildman–Crippen LogP) is 3.97. The summed E-state index contributed by atoms with van der Waals surface area (Å²) in [7, 11) is 0. The third-order valence-electron chi connectivity index (χ3n) is 3.74. The van der Waals surface area contributed by atoms with Crippen LogP contribution in [0.25, 0.3) is 16.6 Å². The number of amides is 1. The summed E-state index contributed by atoms with van der Waals surface area (Å²) in [6, 6.07) is 14.9. The highest BCUT2D eigenvalue weighted by Gasteiger charge is 2.14. The molecule has 2 aromatic heterocycles. The van der Waals surface area contributed by atoms with Gasteiger partial charge in [-0.1, -0.05) is 47.6 Å². The van der Waals surface area contributed by atoms with Gasteiger partial charge in [-0.3, -0.25) is 4.79 Å². The van der Waals surface area contributed by atoms with Gasteiger partial charge < -0.3 is 5.32 Å². The Labute approximate surface area is 158 Å². The van der Waals surface area contributed by atoms with Crippen molar-refractivity contribution < 1.29 is 4.79 Å². The number of nitrogens with zero attached hydrogens (tertiary/aromatic N) is 4. The number of anilines is 1. The van der Waals surface area contributed by atoms with E-state index >= 15 is 0 Å². The van der Waals surface area contributed by atoms with Gasteiger partial charge in [-0.05, 0) is 31.2 Å². The van der Waals surface area contributed by atoms with Crippen LogP contribution in [0.15, 0.2) is 53.7 Å². The van der Waals surface area contributed by atoms with E-state index in [1.165, 1.54) is 11.8 Å². The largest absolute Gasteiger partial charge is 0.324 e. The Morgan fingerprint density at radius 2 is 1.92 bits per heavy atom. The molecule has 0 saturated heterocycles. The molecule has 0 aliphatic rings. The Bertz CT molecular complexity index is 1130. The summed E-state index contributed by atoms with van der Waals surface area (Å²) in [5, 5.41) is 9.27. The van der Waals surface area contributed by atoms with E-state index in [0.29, 0.717) is 21.7 Å². The molecule has 2 aromatic carbocycles. The summed E-state index contributed by atoms with van der Waals surface area (Å²) < 4.78 is 1.69. The van der Waals surface area contributed by atoms with Crippen molar-refractivity contribution in [3.63, 3.8) is 0 Å². The number of hydrogen-bond donors (Lipinski definition) is 1. The highest BCUT2D eigenvalue weighted by atomic mass is 35.5. The molecule has 1 N–H and O–H groups in total. The quantitative estimate of drug-likeness (QED) is 0.426. The van der Waals surface area contributed by atoms with E-state index < -0.39 is 0 Å². The molecular formula is C18H14ClN5OS. The lowest BCUT2D eigenvalue weighted by Crippen LogP contribution is -2.15. The van der Waals surface area contributed by atoms with Gasteiger partial charge in [0, 0.05) is 5.39 Å². The maximum absolute atomic E-state index is 12.3. The Morgan fingerprint density at radius 1 is 1.15 bits per heavy atom. The molecule has 0 bridgehead atoms. The normalized spacial score (nSPS) is 11.2. The number of benzene rings is 2. The summed E-state index contributed by atoms with van der Waals surface area (Å²) >= 11 is 7.38. The number of halogens is 1. The summed E-state index contributed by atoms with van der Waals surface area (Å²) in [5.74, 6) is 0.679. The molecule has 8 heteroatoms. The molecular weight excluding hydrogens is 370 g/mol. The molecule has 4 aromatic rings. The standard InChI is InChI=1S/C18H14ClN5OS/c1-11-20-17-12-6-2-4-8-14(12)22-18(24(17)23-11)26-10-16(25)21-15-9-5-3-7-13(15)19/h2-9H,10H2,1H3,(H,21,25). The van der Waals surface area contributed by atoms with Crippen LogP contribution in [0.2, 0.25) is 5.02 Å². The first kappa shape index (κ1) is 16.8. The number of aryl methyl sites for hydroxylation is 1. The van der Waals surface area contributed by atoms with Crippen LogP contribution in [0.3, 0.4) is 0 Å². The van der Waals surface area contributed by atoms with Crippen molar-refractivity contribution in [1.82, 2.24) is 19.6 Å². The molecule has 0 radical (unpaired) electrons. The average molecular weight is 384 g/mol. The Kier molecular flexibility index (Phi) is 4.48.